The van der Waals surface area contributed by atoms with Crippen molar-refractivity contribution >= 4 is 23.4 Å². The van der Waals surface area contributed by atoms with Crippen LogP contribution in [0.5, 0.6) is 0 Å². The lowest BCUT2D eigenvalue weighted by atomic mass is 9.94. The summed E-state index contributed by atoms with van der Waals surface area (Å²) in [7, 11) is 4.07. The number of carbonyl (C=O) groups excluding carboxylic acids is 1. The van der Waals surface area contributed by atoms with Gasteiger partial charge in [0.15, 0.2) is 0 Å². The summed E-state index contributed by atoms with van der Waals surface area (Å²) in [6.07, 6.45) is 7.81. The topological polar surface area (TPSA) is 120 Å². The monoisotopic (exact) mass is 490 g/mol. The molecule has 4 N–H and O–H groups in total. The molecule has 0 bridgehead atoms. The van der Waals surface area contributed by atoms with Gasteiger partial charge in [-0.15, -0.1) is 0 Å². The molecule has 1 atom stereocenters. The summed E-state index contributed by atoms with van der Waals surface area (Å²) < 4.78 is 1.91. The fourth-order valence-electron chi connectivity index (χ4n) is 4.56. The van der Waals surface area contributed by atoms with Crippen LogP contribution < -0.4 is 16.0 Å². The van der Waals surface area contributed by atoms with Gasteiger partial charge in [-0.1, -0.05) is 0 Å². The lowest BCUT2D eigenvalue weighted by Crippen LogP contribution is -2.32. The minimum atomic E-state index is -0.438. The number of hydrogen-bond donors (Lipinski definition) is 4. The molecule has 36 heavy (non-hydrogen) atoms. The number of rotatable bonds is 10. The van der Waals surface area contributed by atoms with Crippen molar-refractivity contribution in [2.75, 3.05) is 37.9 Å². The lowest BCUT2D eigenvalue weighted by molar-refractivity contribution is 0.0940. The molecule has 10 heteroatoms. The number of fused-ring (bicyclic) bond motifs is 1. The number of likely N-dealkylation sites (N-methyl/N-ethyl adjacent to an activating group) is 1. The Morgan fingerprint density at radius 1 is 1.25 bits per heavy atom. The normalized spacial score (nSPS) is 17.1. The molecule has 1 unspecified atom stereocenters. The maximum Gasteiger partial charge on any atom is 0.252 e. The molecule has 1 amide bonds. The molecule has 5 rings (SSSR count). The summed E-state index contributed by atoms with van der Waals surface area (Å²) in [6, 6.07) is 5.59. The molecule has 1 aliphatic carbocycles. The molecule has 3 aromatic rings. The van der Waals surface area contributed by atoms with Crippen LogP contribution in [0.15, 0.2) is 36.8 Å². The number of nitrogens with zero attached hydrogens (tertiary/aromatic N) is 5. The first-order chi connectivity index (χ1) is 17.2. The first kappa shape index (κ1) is 24.2. The standard InChI is InChI=1S/C26H34N8O2/c1-26(2)21-11-18(7-8-19(21)24(36)32-26)29-25-27-13-20(17-12-28-34(14-17)10-9-33(3)4)23(31-25)30-22(15-35)16-5-6-16/h7-8,11-14,16,22,35H,5-6,9-10,15H2,1-4H3,(H,32,36)(H2,27,29,30,31). The summed E-state index contributed by atoms with van der Waals surface area (Å²) in [5.74, 6) is 1.48. The molecule has 190 valence electrons. The SMILES string of the molecule is CN(C)CCn1cc(-c2cnc(Nc3ccc4c(c3)C(C)(C)NC4=O)nc2NC(CO)C2CC2)cn1. The van der Waals surface area contributed by atoms with Gasteiger partial charge >= 0.3 is 0 Å². The molecule has 0 spiro atoms. The Hall–Kier alpha value is -3.50. The van der Waals surface area contributed by atoms with Crippen LogP contribution in [0.25, 0.3) is 11.1 Å². The molecule has 1 aromatic carbocycles. The van der Waals surface area contributed by atoms with Gasteiger partial charge in [0.05, 0.1) is 30.9 Å². The third-order valence-corrected chi connectivity index (χ3v) is 6.84. The molecule has 1 aliphatic heterocycles. The average Bonchev–Trinajstić information content (AvgIpc) is 3.52. The molecule has 10 nitrogen and oxygen atoms in total. The zero-order chi connectivity index (χ0) is 25.4. The summed E-state index contributed by atoms with van der Waals surface area (Å²) >= 11 is 0. The maximum atomic E-state index is 12.2. The zero-order valence-corrected chi connectivity index (χ0v) is 21.2. The van der Waals surface area contributed by atoms with Gasteiger partial charge in [0.1, 0.15) is 5.82 Å². The van der Waals surface area contributed by atoms with Gasteiger partial charge in [0, 0.05) is 41.3 Å². The predicted molar refractivity (Wildman–Crippen MR) is 139 cm³/mol. The van der Waals surface area contributed by atoms with Crippen LogP contribution in [-0.2, 0) is 12.1 Å². The number of amides is 1. The van der Waals surface area contributed by atoms with Crippen molar-refractivity contribution in [2.45, 2.75) is 44.8 Å². The molecule has 0 saturated heterocycles. The van der Waals surface area contributed by atoms with Crippen molar-refractivity contribution in [3.63, 3.8) is 0 Å². The number of benzene rings is 1. The van der Waals surface area contributed by atoms with Crippen molar-refractivity contribution in [2.24, 2.45) is 5.92 Å². The smallest absolute Gasteiger partial charge is 0.252 e. The van der Waals surface area contributed by atoms with E-state index in [0.29, 0.717) is 23.2 Å². The quantitative estimate of drug-likeness (QED) is 0.342. The Kier molecular flexibility index (Phi) is 6.40. The highest BCUT2D eigenvalue weighted by atomic mass is 16.3. The van der Waals surface area contributed by atoms with Crippen LogP contribution in [0.3, 0.4) is 0 Å². The van der Waals surface area contributed by atoms with E-state index in [0.717, 1.165) is 48.3 Å². The van der Waals surface area contributed by atoms with Crippen LogP contribution in [-0.4, -0.2) is 69.0 Å². The molecule has 2 aliphatic rings. The van der Waals surface area contributed by atoms with E-state index < -0.39 is 5.54 Å². The van der Waals surface area contributed by atoms with Gasteiger partial charge in [-0.25, -0.2) is 4.98 Å². The van der Waals surface area contributed by atoms with Gasteiger partial charge in [-0.05, 0) is 70.5 Å². The first-order valence-corrected chi connectivity index (χ1v) is 12.4. The number of nitrogens with one attached hydrogen (secondary N) is 3. The van der Waals surface area contributed by atoms with Gasteiger partial charge in [-0.3, -0.25) is 9.48 Å². The van der Waals surface area contributed by atoms with E-state index in [4.69, 9.17) is 4.98 Å². The van der Waals surface area contributed by atoms with Gasteiger partial charge in [-0.2, -0.15) is 10.1 Å². The van der Waals surface area contributed by atoms with Crippen LogP contribution >= 0.6 is 0 Å². The summed E-state index contributed by atoms with van der Waals surface area (Å²) in [6.45, 7) is 5.68. The van der Waals surface area contributed by atoms with E-state index >= 15 is 0 Å². The molecule has 3 heterocycles. The van der Waals surface area contributed by atoms with Crippen molar-refractivity contribution in [1.29, 1.82) is 0 Å². The minimum absolute atomic E-state index is 0.0416. The first-order valence-electron chi connectivity index (χ1n) is 12.4. The molecule has 1 saturated carbocycles. The number of aromatic nitrogens is 4. The van der Waals surface area contributed by atoms with E-state index in [1.165, 1.54) is 0 Å². The van der Waals surface area contributed by atoms with Crippen molar-refractivity contribution < 1.29 is 9.90 Å². The second kappa shape index (κ2) is 9.51. The van der Waals surface area contributed by atoms with Crippen LogP contribution in [0, 0.1) is 5.92 Å². The largest absolute Gasteiger partial charge is 0.394 e. The van der Waals surface area contributed by atoms with Gasteiger partial charge < -0.3 is 26.0 Å². The van der Waals surface area contributed by atoms with Crippen LogP contribution in [0.1, 0.15) is 42.6 Å². The van der Waals surface area contributed by atoms with E-state index in [1.54, 1.807) is 6.20 Å². The third-order valence-electron chi connectivity index (χ3n) is 6.84. The Balaban J connectivity index is 1.44. The number of hydrogen-bond acceptors (Lipinski definition) is 8. The highest BCUT2D eigenvalue weighted by Crippen LogP contribution is 2.36. The molecule has 1 fully saturated rings. The number of carbonyl (C=O) groups is 1. The second-order valence-corrected chi connectivity index (χ2v) is 10.5. The molecule has 0 radical (unpaired) electrons. The summed E-state index contributed by atoms with van der Waals surface area (Å²) in [5.41, 5.74) is 3.74. The fourth-order valence-corrected chi connectivity index (χ4v) is 4.56. The lowest BCUT2D eigenvalue weighted by Gasteiger charge is -2.20. The van der Waals surface area contributed by atoms with Crippen molar-refractivity contribution in [3.05, 3.63) is 47.9 Å². The average molecular weight is 491 g/mol. The summed E-state index contributed by atoms with van der Waals surface area (Å²) in [4.78, 5) is 23.7. The van der Waals surface area contributed by atoms with Crippen LogP contribution in [0.2, 0.25) is 0 Å². The van der Waals surface area contributed by atoms with Crippen LogP contribution in [0.4, 0.5) is 17.5 Å². The maximum absolute atomic E-state index is 12.2. The molecular weight excluding hydrogens is 456 g/mol. The number of aliphatic hydroxyl groups excluding tert-OH is 1. The van der Waals surface area contributed by atoms with Crippen molar-refractivity contribution in [1.82, 2.24) is 30.0 Å². The van der Waals surface area contributed by atoms with E-state index in [1.807, 2.05) is 63.2 Å². The minimum Gasteiger partial charge on any atom is -0.394 e. The van der Waals surface area contributed by atoms with Gasteiger partial charge in [0.25, 0.3) is 5.91 Å². The Labute approximate surface area is 211 Å². The van der Waals surface area contributed by atoms with E-state index in [9.17, 15) is 9.90 Å². The Morgan fingerprint density at radius 3 is 2.78 bits per heavy atom. The Bertz CT molecular complexity index is 1260. The Morgan fingerprint density at radius 2 is 2.06 bits per heavy atom. The molecular formula is C26H34N8O2. The van der Waals surface area contributed by atoms with Gasteiger partial charge in [0.2, 0.25) is 5.95 Å². The molecule has 2 aromatic heterocycles. The number of anilines is 3. The fraction of sp³-hybridized carbons (Fsp3) is 0.462. The highest BCUT2D eigenvalue weighted by Gasteiger charge is 2.35. The summed E-state index contributed by atoms with van der Waals surface area (Å²) in [5, 5.41) is 24.2. The van der Waals surface area contributed by atoms with E-state index in [-0.39, 0.29) is 18.6 Å². The third kappa shape index (κ3) is 5.05. The number of aliphatic hydroxyl groups is 1. The second-order valence-electron chi connectivity index (χ2n) is 10.5. The van der Waals surface area contributed by atoms with E-state index in [2.05, 4.69) is 30.9 Å². The van der Waals surface area contributed by atoms with Crippen molar-refractivity contribution in [3.8, 4) is 11.1 Å². The predicted octanol–water partition coefficient (Wildman–Crippen LogP) is 2.81. The zero-order valence-electron chi connectivity index (χ0n) is 21.2. The highest BCUT2D eigenvalue weighted by molar-refractivity contribution is 6.00.